The minimum Gasteiger partial charge on any atom is -0.366 e. The number of nitrogens with two attached hydrogens (primary N) is 1. The third-order valence-corrected chi connectivity index (χ3v) is 5.73. The first-order valence-electron chi connectivity index (χ1n) is 9.01. The van der Waals surface area contributed by atoms with Crippen LogP contribution in [0.1, 0.15) is 57.9 Å². The standard InChI is InChI=1S/C21H21FN2O2/c22-17-7-5-13(6-8-17)16-11-18-9-10-19(12-16)24(18)21(26)15-3-1-14(2-4-15)20(23)25/h1-8,16,18-19H,9-12H2,(H2,23,25). The van der Waals surface area contributed by atoms with Crippen LogP contribution in [0.25, 0.3) is 0 Å². The van der Waals surface area contributed by atoms with E-state index in [9.17, 15) is 14.0 Å². The lowest BCUT2D eigenvalue weighted by molar-refractivity contribution is 0.0571. The molecule has 0 radical (unpaired) electrons. The van der Waals surface area contributed by atoms with Gasteiger partial charge in [0.25, 0.3) is 5.91 Å². The smallest absolute Gasteiger partial charge is 0.254 e. The fraction of sp³-hybridized carbons (Fsp3) is 0.333. The van der Waals surface area contributed by atoms with Gasteiger partial charge >= 0.3 is 0 Å². The fourth-order valence-corrected chi connectivity index (χ4v) is 4.44. The summed E-state index contributed by atoms with van der Waals surface area (Å²) in [5, 5.41) is 0. The highest BCUT2D eigenvalue weighted by atomic mass is 19.1. The number of fused-ring (bicyclic) bond motifs is 2. The zero-order chi connectivity index (χ0) is 18.3. The van der Waals surface area contributed by atoms with Gasteiger partial charge in [-0.15, -0.1) is 0 Å². The van der Waals surface area contributed by atoms with Gasteiger partial charge in [0.15, 0.2) is 0 Å². The molecule has 4 rings (SSSR count). The van der Waals surface area contributed by atoms with Crippen LogP contribution < -0.4 is 5.73 Å². The summed E-state index contributed by atoms with van der Waals surface area (Å²) in [6.07, 6.45) is 3.83. The van der Waals surface area contributed by atoms with Crippen molar-refractivity contribution in [3.05, 3.63) is 71.0 Å². The molecule has 0 aromatic heterocycles. The monoisotopic (exact) mass is 352 g/mol. The van der Waals surface area contributed by atoms with Gasteiger partial charge in [0.1, 0.15) is 5.82 Å². The number of halogens is 1. The van der Waals surface area contributed by atoms with Gasteiger partial charge in [0.2, 0.25) is 5.91 Å². The molecule has 0 saturated carbocycles. The molecule has 2 aromatic carbocycles. The lowest BCUT2D eigenvalue weighted by atomic mass is 9.85. The molecule has 2 aromatic rings. The summed E-state index contributed by atoms with van der Waals surface area (Å²) < 4.78 is 13.2. The molecule has 2 N–H and O–H groups in total. The fourth-order valence-electron chi connectivity index (χ4n) is 4.44. The Bertz CT molecular complexity index is 818. The Morgan fingerprint density at radius 3 is 1.96 bits per heavy atom. The molecule has 4 nitrogen and oxygen atoms in total. The number of amides is 2. The van der Waals surface area contributed by atoms with E-state index in [1.165, 1.54) is 12.1 Å². The Balaban J connectivity index is 1.51. The van der Waals surface area contributed by atoms with Crippen molar-refractivity contribution in [1.82, 2.24) is 4.90 Å². The van der Waals surface area contributed by atoms with Crippen molar-refractivity contribution in [2.75, 3.05) is 0 Å². The molecule has 2 saturated heterocycles. The molecule has 2 fully saturated rings. The highest BCUT2D eigenvalue weighted by Crippen LogP contribution is 2.43. The largest absolute Gasteiger partial charge is 0.366 e. The Morgan fingerprint density at radius 2 is 1.42 bits per heavy atom. The van der Waals surface area contributed by atoms with Crippen LogP contribution in [0, 0.1) is 5.82 Å². The van der Waals surface area contributed by atoms with E-state index in [0.29, 0.717) is 17.0 Å². The average Bonchev–Trinajstić information content (AvgIpc) is 2.91. The average molecular weight is 352 g/mol. The molecule has 26 heavy (non-hydrogen) atoms. The van der Waals surface area contributed by atoms with Crippen LogP contribution in [0.5, 0.6) is 0 Å². The van der Waals surface area contributed by atoms with Crippen LogP contribution in [-0.4, -0.2) is 28.8 Å². The Hall–Kier alpha value is -2.69. The lowest BCUT2D eigenvalue weighted by Gasteiger charge is -2.39. The van der Waals surface area contributed by atoms with Crippen molar-refractivity contribution in [2.45, 2.75) is 43.7 Å². The summed E-state index contributed by atoms with van der Waals surface area (Å²) in [7, 11) is 0. The number of hydrogen-bond donors (Lipinski definition) is 1. The summed E-state index contributed by atoms with van der Waals surface area (Å²) in [6.45, 7) is 0. The van der Waals surface area contributed by atoms with Gasteiger partial charge in [-0.05, 0) is 73.6 Å². The molecule has 2 bridgehead atoms. The van der Waals surface area contributed by atoms with Gasteiger partial charge in [-0.3, -0.25) is 9.59 Å². The molecular formula is C21H21FN2O2. The van der Waals surface area contributed by atoms with Gasteiger partial charge < -0.3 is 10.6 Å². The topological polar surface area (TPSA) is 63.4 Å². The van der Waals surface area contributed by atoms with Crippen LogP contribution in [0.2, 0.25) is 0 Å². The first-order chi connectivity index (χ1) is 12.5. The van der Waals surface area contributed by atoms with E-state index >= 15 is 0 Å². The minimum atomic E-state index is -0.496. The minimum absolute atomic E-state index is 0.0195. The van der Waals surface area contributed by atoms with Crippen molar-refractivity contribution in [3.8, 4) is 0 Å². The number of piperidine rings is 1. The van der Waals surface area contributed by atoms with Gasteiger partial charge in [-0.2, -0.15) is 0 Å². The van der Waals surface area contributed by atoms with Crippen molar-refractivity contribution in [2.24, 2.45) is 5.73 Å². The Labute approximate surface area is 151 Å². The van der Waals surface area contributed by atoms with Crippen LogP contribution >= 0.6 is 0 Å². The summed E-state index contributed by atoms with van der Waals surface area (Å²) in [4.78, 5) is 26.2. The van der Waals surface area contributed by atoms with Gasteiger partial charge in [0.05, 0.1) is 0 Å². The summed E-state index contributed by atoms with van der Waals surface area (Å²) in [5.41, 5.74) is 7.41. The maximum absolute atomic E-state index is 13.2. The van der Waals surface area contributed by atoms with E-state index in [0.717, 1.165) is 31.2 Å². The van der Waals surface area contributed by atoms with Crippen molar-refractivity contribution >= 4 is 11.8 Å². The van der Waals surface area contributed by atoms with Crippen molar-refractivity contribution in [1.29, 1.82) is 0 Å². The first kappa shape index (κ1) is 16.8. The molecule has 134 valence electrons. The molecule has 0 aliphatic carbocycles. The zero-order valence-corrected chi connectivity index (χ0v) is 14.4. The Kier molecular flexibility index (Phi) is 4.23. The number of rotatable bonds is 3. The van der Waals surface area contributed by atoms with Crippen LogP contribution in [-0.2, 0) is 0 Å². The molecule has 2 unspecified atom stereocenters. The maximum Gasteiger partial charge on any atom is 0.254 e. The highest BCUT2D eigenvalue weighted by Gasteiger charge is 2.43. The highest BCUT2D eigenvalue weighted by molar-refractivity contribution is 5.97. The van der Waals surface area contributed by atoms with E-state index < -0.39 is 5.91 Å². The summed E-state index contributed by atoms with van der Waals surface area (Å²) >= 11 is 0. The normalized spacial score (nSPS) is 24.5. The quantitative estimate of drug-likeness (QED) is 0.919. The van der Waals surface area contributed by atoms with Gasteiger partial charge in [-0.25, -0.2) is 4.39 Å². The number of primary amides is 1. The number of carbonyl (C=O) groups excluding carboxylic acids is 2. The molecule has 0 spiro atoms. The number of carbonyl (C=O) groups is 2. The van der Waals surface area contributed by atoms with Crippen LogP contribution in [0.4, 0.5) is 4.39 Å². The molecular weight excluding hydrogens is 331 g/mol. The van der Waals surface area contributed by atoms with E-state index in [-0.39, 0.29) is 23.8 Å². The predicted molar refractivity (Wildman–Crippen MR) is 96.3 cm³/mol. The second kappa shape index (κ2) is 6.56. The van der Waals surface area contributed by atoms with E-state index in [4.69, 9.17) is 5.73 Å². The third kappa shape index (κ3) is 2.98. The van der Waals surface area contributed by atoms with Crippen molar-refractivity contribution in [3.63, 3.8) is 0 Å². The van der Waals surface area contributed by atoms with Gasteiger partial charge in [-0.1, -0.05) is 12.1 Å². The van der Waals surface area contributed by atoms with Crippen LogP contribution in [0.3, 0.4) is 0 Å². The van der Waals surface area contributed by atoms with Gasteiger partial charge in [0, 0.05) is 23.2 Å². The number of nitrogens with zero attached hydrogens (tertiary/aromatic N) is 1. The first-order valence-corrected chi connectivity index (χ1v) is 9.01. The lowest BCUT2D eigenvalue weighted by Crippen LogP contribution is -2.46. The number of hydrogen-bond acceptors (Lipinski definition) is 2. The molecule has 2 heterocycles. The molecule has 2 aliphatic rings. The molecule has 2 aliphatic heterocycles. The molecule has 2 atom stereocenters. The van der Waals surface area contributed by atoms with E-state index in [1.807, 2.05) is 17.0 Å². The van der Waals surface area contributed by atoms with E-state index in [2.05, 4.69) is 0 Å². The summed E-state index contributed by atoms with van der Waals surface area (Å²) in [6, 6.07) is 13.7. The maximum atomic E-state index is 13.2. The van der Waals surface area contributed by atoms with Crippen LogP contribution in [0.15, 0.2) is 48.5 Å². The van der Waals surface area contributed by atoms with Crippen molar-refractivity contribution < 1.29 is 14.0 Å². The SMILES string of the molecule is NC(=O)c1ccc(C(=O)N2C3CCC2CC(c2ccc(F)cc2)C3)cc1. The molecule has 2 amide bonds. The predicted octanol–water partition coefficient (Wildman–Crippen LogP) is 3.48. The second-order valence-corrected chi connectivity index (χ2v) is 7.26. The second-order valence-electron chi connectivity index (χ2n) is 7.26. The number of benzene rings is 2. The zero-order valence-electron chi connectivity index (χ0n) is 14.4. The third-order valence-electron chi connectivity index (χ3n) is 5.73. The Morgan fingerprint density at radius 1 is 0.885 bits per heavy atom. The van der Waals surface area contributed by atoms with E-state index in [1.54, 1.807) is 24.3 Å². The summed E-state index contributed by atoms with van der Waals surface area (Å²) in [5.74, 6) is -0.326. The molecule has 5 heteroatoms.